The number of primary amides is 1. The van der Waals surface area contributed by atoms with Gasteiger partial charge < -0.3 is 36.0 Å². The van der Waals surface area contributed by atoms with E-state index in [2.05, 4.69) is 46.4 Å². The highest BCUT2D eigenvalue weighted by Crippen LogP contribution is 2.32. The molecule has 4 fully saturated rings. The van der Waals surface area contributed by atoms with Crippen molar-refractivity contribution in [2.75, 3.05) is 70.5 Å². The molecule has 15 nitrogen and oxygen atoms in total. The molecule has 0 unspecified atom stereocenters. The lowest BCUT2D eigenvalue weighted by Crippen LogP contribution is -2.39. The number of aromatic nitrogens is 4. The highest BCUT2D eigenvalue weighted by molar-refractivity contribution is 6.31. The zero-order valence-corrected chi connectivity index (χ0v) is 37.9. The van der Waals surface area contributed by atoms with Crippen molar-refractivity contribution in [3.05, 3.63) is 81.4 Å². The Kier molecular flexibility index (Phi) is 14.5. The second-order valence-corrected chi connectivity index (χ2v) is 18.2. The lowest BCUT2D eigenvalue weighted by Gasteiger charge is -2.34. The highest BCUT2D eigenvalue weighted by atomic mass is 35.5. The second-order valence-electron chi connectivity index (χ2n) is 17.4. The van der Waals surface area contributed by atoms with Crippen LogP contribution in [0.1, 0.15) is 91.5 Å². The first-order valence-electron chi connectivity index (χ1n) is 21.8. The predicted octanol–water partition coefficient (Wildman–Crippen LogP) is 7.54. The Morgan fingerprint density at radius 3 is 1.63 bits per heavy atom. The van der Waals surface area contributed by atoms with Gasteiger partial charge in [-0.15, -0.1) is 0 Å². The van der Waals surface area contributed by atoms with Crippen molar-refractivity contribution in [1.82, 2.24) is 19.9 Å². The van der Waals surface area contributed by atoms with Crippen molar-refractivity contribution in [2.24, 2.45) is 17.6 Å². The van der Waals surface area contributed by atoms with Gasteiger partial charge in [0, 0.05) is 86.6 Å². The molecule has 8 rings (SSSR count). The summed E-state index contributed by atoms with van der Waals surface area (Å²) in [5.41, 5.74) is 9.63. The molecule has 332 valence electrons. The van der Waals surface area contributed by atoms with Crippen molar-refractivity contribution in [3.63, 3.8) is 0 Å². The number of nitrogens with two attached hydrogens (primary N) is 1. The van der Waals surface area contributed by atoms with E-state index in [0.29, 0.717) is 64.7 Å². The fourth-order valence-corrected chi connectivity index (χ4v) is 8.69. The number of anilines is 6. The number of nitriles is 1. The largest absolute Gasteiger partial charge is 0.365 e. The third kappa shape index (κ3) is 12.3. The monoisotopic (exact) mass is 894 g/mol. The molecule has 4 aliphatic rings. The Morgan fingerprint density at radius 1 is 0.730 bits per heavy atom. The van der Waals surface area contributed by atoms with Gasteiger partial charge in [-0.1, -0.05) is 23.2 Å². The van der Waals surface area contributed by atoms with Crippen LogP contribution in [0.25, 0.3) is 0 Å². The van der Waals surface area contributed by atoms with Crippen LogP contribution >= 0.6 is 23.2 Å². The van der Waals surface area contributed by atoms with Crippen LogP contribution in [0.15, 0.2) is 48.8 Å². The average molecular weight is 896 g/mol. The molecule has 2 saturated carbocycles. The molecule has 2 saturated heterocycles. The van der Waals surface area contributed by atoms with Gasteiger partial charge in [-0.2, -0.15) is 5.26 Å². The van der Waals surface area contributed by atoms with Crippen LogP contribution in [-0.4, -0.2) is 90.0 Å². The van der Waals surface area contributed by atoms with Crippen LogP contribution in [0, 0.1) is 37.0 Å². The number of nitrogens with one attached hydrogen (secondary N) is 2. The topological polar surface area (TPSA) is 190 Å². The first-order chi connectivity index (χ1) is 30.2. The standard InChI is InChI=1S/C23H29ClN6O2.C23H27ClN6O/c1-14-8-16(24)11-18(9-14)29(2)20(31)10-15-4-3-7-30(13-15)19-12-26-21(22(25)32)23(28-19)27-17-5-6-17;1-15-8-17(24)11-19(9-15)29(2)22(31)10-16-4-3-7-30(14-16)21-13-26-20(12-25)23(28-21)27-18-5-6-18/h8-9,11-12,15,17H,3-7,10,13H2,1-2H3,(H2,25,32)(H,27,28);8-9,11,13,16,18H,3-7,10,14H2,1-2H3,(H,27,28)/t15-;16-/m00/s1. The second kappa shape index (κ2) is 20.2. The normalized spacial score (nSPS) is 18.4. The van der Waals surface area contributed by atoms with Gasteiger partial charge in [0.2, 0.25) is 11.8 Å². The van der Waals surface area contributed by atoms with Gasteiger partial charge in [-0.05, 0) is 125 Å². The number of nitrogens with zero attached hydrogens (tertiary/aromatic N) is 9. The molecule has 2 aliphatic carbocycles. The van der Waals surface area contributed by atoms with Crippen LogP contribution in [0.2, 0.25) is 10.0 Å². The van der Waals surface area contributed by atoms with Gasteiger partial charge in [-0.25, -0.2) is 19.9 Å². The molecular formula is C46H56Cl2N12O3. The van der Waals surface area contributed by atoms with Crippen LogP contribution in [0.4, 0.5) is 34.6 Å². The fourth-order valence-electron chi connectivity index (χ4n) is 8.13. The molecule has 2 aromatic carbocycles. The van der Waals surface area contributed by atoms with Crippen LogP contribution in [0.3, 0.4) is 0 Å². The van der Waals surface area contributed by atoms with E-state index >= 15 is 0 Å². The molecule has 2 aromatic heterocycles. The minimum absolute atomic E-state index is 0.0600. The Morgan fingerprint density at radius 2 is 1.19 bits per heavy atom. The van der Waals surface area contributed by atoms with Gasteiger partial charge in [0.05, 0.1) is 12.4 Å². The maximum Gasteiger partial charge on any atom is 0.271 e. The Balaban J connectivity index is 0.000000189. The molecule has 4 N–H and O–H groups in total. The van der Waals surface area contributed by atoms with Gasteiger partial charge in [0.1, 0.15) is 17.7 Å². The number of hydrogen-bond donors (Lipinski definition) is 3. The first-order valence-corrected chi connectivity index (χ1v) is 22.5. The van der Waals surface area contributed by atoms with E-state index in [1.807, 2.05) is 50.2 Å². The molecule has 4 heterocycles. The molecule has 0 spiro atoms. The lowest BCUT2D eigenvalue weighted by atomic mass is 9.94. The highest BCUT2D eigenvalue weighted by Gasteiger charge is 2.30. The van der Waals surface area contributed by atoms with Crippen molar-refractivity contribution in [2.45, 2.75) is 90.1 Å². The van der Waals surface area contributed by atoms with E-state index in [1.165, 1.54) is 0 Å². The summed E-state index contributed by atoms with van der Waals surface area (Å²) in [6, 6.07) is 14.2. The van der Waals surface area contributed by atoms with Crippen LogP contribution < -0.4 is 36.0 Å². The first kappa shape index (κ1) is 45.3. The number of amides is 3. The summed E-state index contributed by atoms with van der Waals surface area (Å²) >= 11 is 12.3. The molecule has 2 aliphatic heterocycles. The van der Waals surface area contributed by atoms with Crippen molar-refractivity contribution >= 4 is 75.6 Å². The number of hydrogen-bond acceptors (Lipinski definition) is 12. The molecule has 0 bridgehead atoms. The van der Waals surface area contributed by atoms with Gasteiger partial charge in [-0.3, -0.25) is 14.4 Å². The molecular weight excluding hydrogens is 839 g/mol. The minimum atomic E-state index is -0.589. The quantitative estimate of drug-likeness (QED) is 0.120. The summed E-state index contributed by atoms with van der Waals surface area (Å²) < 4.78 is 0. The van der Waals surface area contributed by atoms with E-state index < -0.39 is 5.91 Å². The van der Waals surface area contributed by atoms with E-state index in [-0.39, 0.29) is 29.3 Å². The molecule has 4 aromatic rings. The molecule has 3 amide bonds. The number of halogens is 2. The van der Waals surface area contributed by atoms with Crippen molar-refractivity contribution in [1.29, 1.82) is 5.26 Å². The number of piperidine rings is 2. The van der Waals surface area contributed by atoms with Crippen LogP contribution in [-0.2, 0) is 9.59 Å². The Labute approximate surface area is 379 Å². The average Bonchev–Trinajstić information content (AvgIpc) is 4.21. The fraction of sp³-hybridized carbons (Fsp3) is 0.478. The molecule has 63 heavy (non-hydrogen) atoms. The molecule has 0 radical (unpaired) electrons. The summed E-state index contributed by atoms with van der Waals surface area (Å²) in [6.07, 6.45) is 12.4. The van der Waals surface area contributed by atoms with Gasteiger partial charge in [0.15, 0.2) is 23.0 Å². The maximum absolute atomic E-state index is 13.0. The van der Waals surface area contributed by atoms with Crippen molar-refractivity contribution in [3.8, 4) is 6.07 Å². The number of rotatable bonds is 13. The summed E-state index contributed by atoms with van der Waals surface area (Å²) in [5, 5.41) is 17.1. The SMILES string of the molecule is Cc1cc(Cl)cc(N(C)C(=O)C[C@@H]2CCCN(c3cnc(C#N)c(NC4CC4)n3)C2)c1.Cc1cc(Cl)cc(N(C)C(=O)C[C@@H]2CCCN(c3cnc(C(N)=O)c(NC4CC4)n3)C2)c1. The summed E-state index contributed by atoms with van der Waals surface area (Å²) in [4.78, 5) is 63.2. The summed E-state index contributed by atoms with van der Waals surface area (Å²) in [6.45, 7) is 7.10. The zero-order chi connectivity index (χ0) is 44.8. The number of carbonyl (C=O) groups is 3. The minimum Gasteiger partial charge on any atom is -0.365 e. The third-order valence-electron chi connectivity index (χ3n) is 11.9. The van der Waals surface area contributed by atoms with E-state index in [1.54, 1.807) is 36.3 Å². The maximum atomic E-state index is 13.0. The smallest absolute Gasteiger partial charge is 0.271 e. The lowest BCUT2D eigenvalue weighted by molar-refractivity contribution is -0.120. The summed E-state index contributed by atoms with van der Waals surface area (Å²) in [7, 11) is 3.59. The van der Waals surface area contributed by atoms with Crippen molar-refractivity contribution < 1.29 is 14.4 Å². The van der Waals surface area contributed by atoms with E-state index in [9.17, 15) is 19.6 Å². The van der Waals surface area contributed by atoms with Crippen LogP contribution in [0.5, 0.6) is 0 Å². The number of aryl methyl sites for hydroxylation is 2. The zero-order valence-electron chi connectivity index (χ0n) is 36.4. The van der Waals surface area contributed by atoms with E-state index in [4.69, 9.17) is 28.9 Å². The Bertz CT molecular complexity index is 2330. The molecule has 2 atom stereocenters. The molecule has 17 heteroatoms. The Hall–Kier alpha value is -5.72. The predicted molar refractivity (Wildman–Crippen MR) is 249 cm³/mol. The number of benzene rings is 2. The van der Waals surface area contributed by atoms with Gasteiger partial charge in [0.25, 0.3) is 5.91 Å². The van der Waals surface area contributed by atoms with E-state index in [0.717, 1.165) is 99.3 Å². The third-order valence-corrected chi connectivity index (χ3v) is 12.3. The van der Waals surface area contributed by atoms with Gasteiger partial charge >= 0.3 is 0 Å². The summed E-state index contributed by atoms with van der Waals surface area (Å²) in [5.74, 6) is 2.47. The number of carbonyl (C=O) groups excluding carboxylic acids is 3.